The van der Waals surface area contributed by atoms with Crippen molar-refractivity contribution in [3.05, 3.63) is 98.7 Å². The van der Waals surface area contributed by atoms with E-state index in [2.05, 4.69) is 15.3 Å². The third kappa shape index (κ3) is 7.42. The van der Waals surface area contributed by atoms with E-state index < -0.39 is 30.4 Å². The van der Waals surface area contributed by atoms with Crippen molar-refractivity contribution in [3.63, 3.8) is 0 Å². The minimum absolute atomic E-state index is 0.0604. The van der Waals surface area contributed by atoms with Crippen molar-refractivity contribution in [3.8, 4) is 11.4 Å². The van der Waals surface area contributed by atoms with E-state index in [1.165, 1.54) is 43.3 Å². The second-order valence-corrected chi connectivity index (χ2v) is 9.97. The van der Waals surface area contributed by atoms with E-state index in [1.807, 2.05) is 13.0 Å². The minimum atomic E-state index is -4.60. The van der Waals surface area contributed by atoms with E-state index in [9.17, 15) is 31.1 Å². The van der Waals surface area contributed by atoms with Crippen LogP contribution in [0.2, 0.25) is 0 Å². The number of hydrogen-bond donors (Lipinski definition) is 0. The van der Waals surface area contributed by atoms with Crippen molar-refractivity contribution in [2.75, 3.05) is 0 Å². The van der Waals surface area contributed by atoms with Gasteiger partial charge in [0.15, 0.2) is 0 Å². The molecule has 1 saturated carbocycles. The first-order valence-electron chi connectivity index (χ1n) is 13.2. The molecule has 5 rings (SSSR count). The molecule has 2 aromatic heterocycles. The van der Waals surface area contributed by atoms with Crippen LogP contribution in [0.25, 0.3) is 11.4 Å². The molecular weight excluding hydrogens is 548 g/mol. The third-order valence-electron chi connectivity index (χ3n) is 6.88. The highest BCUT2D eigenvalue weighted by Crippen LogP contribution is 2.34. The van der Waals surface area contributed by atoms with Crippen molar-refractivity contribution in [1.29, 1.82) is 0 Å². The van der Waals surface area contributed by atoms with Gasteiger partial charge in [-0.05, 0) is 68.0 Å². The summed E-state index contributed by atoms with van der Waals surface area (Å²) in [6.45, 7) is -0.0232. The molecule has 2 aromatic carbocycles. The molecule has 1 fully saturated rings. The second-order valence-electron chi connectivity index (χ2n) is 9.97. The molecule has 0 aliphatic heterocycles. The van der Waals surface area contributed by atoms with Gasteiger partial charge in [0.05, 0.1) is 17.8 Å². The fraction of sp³-hybridized carbons (Fsp3) is 0.379. The van der Waals surface area contributed by atoms with Crippen molar-refractivity contribution in [2.45, 2.75) is 71.1 Å². The maximum absolute atomic E-state index is 13.5. The van der Waals surface area contributed by atoms with Crippen LogP contribution in [-0.4, -0.2) is 24.8 Å². The first-order valence-corrected chi connectivity index (χ1v) is 13.2. The van der Waals surface area contributed by atoms with Crippen LogP contribution in [0.15, 0.2) is 59.4 Å². The molecule has 0 atom stereocenters. The summed E-state index contributed by atoms with van der Waals surface area (Å²) >= 11 is 0. The molecule has 2 heterocycles. The Labute approximate surface area is 232 Å². The van der Waals surface area contributed by atoms with Crippen LogP contribution in [0.4, 0.5) is 26.3 Å². The maximum atomic E-state index is 13.5. The standard InChI is InChI=1S/C22H22F5N5O.C7H7F/c1-13-19(30-32(28-13)21(23)24)18-11-16(14-7-3-2-4-8-14)20(33)31(29-18)12-15-9-5-6-10-17(15)22(25,26)27;1-6-3-2-4-7(8)5-6/h5-6,9-11,14,21H,2-4,7-8,12H2,1H3;2-5H,1H3. The lowest BCUT2D eigenvalue weighted by Gasteiger charge is -2.22. The van der Waals surface area contributed by atoms with Gasteiger partial charge in [0.2, 0.25) is 0 Å². The van der Waals surface area contributed by atoms with Gasteiger partial charge in [0.1, 0.15) is 17.2 Å². The number of alkyl halides is 5. The zero-order valence-corrected chi connectivity index (χ0v) is 22.5. The normalized spacial score (nSPS) is 14.2. The molecule has 218 valence electrons. The Morgan fingerprint density at radius 1 is 0.927 bits per heavy atom. The van der Waals surface area contributed by atoms with Gasteiger partial charge in [-0.3, -0.25) is 4.79 Å². The van der Waals surface area contributed by atoms with Gasteiger partial charge < -0.3 is 0 Å². The number of aryl methyl sites for hydroxylation is 2. The second kappa shape index (κ2) is 12.7. The Balaban J connectivity index is 0.000000417. The van der Waals surface area contributed by atoms with Crippen LogP contribution in [0, 0.1) is 19.7 Å². The molecule has 0 N–H and O–H groups in total. The average molecular weight is 578 g/mol. The smallest absolute Gasteiger partial charge is 0.267 e. The number of benzene rings is 2. The molecule has 0 bridgehead atoms. The van der Waals surface area contributed by atoms with Crippen LogP contribution in [0.3, 0.4) is 0 Å². The van der Waals surface area contributed by atoms with E-state index in [1.54, 1.807) is 6.07 Å². The average Bonchev–Trinajstić information content (AvgIpc) is 3.32. The molecule has 0 radical (unpaired) electrons. The Hall–Kier alpha value is -3.96. The summed E-state index contributed by atoms with van der Waals surface area (Å²) in [5.41, 5.74) is 0.289. The highest BCUT2D eigenvalue weighted by molar-refractivity contribution is 5.56. The lowest BCUT2D eigenvalue weighted by Crippen LogP contribution is -2.30. The predicted molar refractivity (Wildman–Crippen MR) is 141 cm³/mol. The first kappa shape index (κ1) is 30.0. The summed E-state index contributed by atoms with van der Waals surface area (Å²) in [7, 11) is 0. The minimum Gasteiger partial charge on any atom is -0.267 e. The summed E-state index contributed by atoms with van der Waals surface area (Å²) in [6.07, 6.45) is -0.163. The van der Waals surface area contributed by atoms with Gasteiger partial charge in [-0.25, -0.2) is 9.07 Å². The Morgan fingerprint density at radius 2 is 1.63 bits per heavy atom. The third-order valence-corrected chi connectivity index (χ3v) is 6.88. The molecule has 1 aliphatic carbocycles. The van der Waals surface area contributed by atoms with Crippen molar-refractivity contribution in [1.82, 2.24) is 24.8 Å². The monoisotopic (exact) mass is 577 g/mol. The van der Waals surface area contributed by atoms with Gasteiger partial charge in [0.25, 0.3) is 5.56 Å². The van der Waals surface area contributed by atoms with Gasteiger partial charge in [-0.15, -0.1) is 9.90 Å². The largest absolute Gasteiger partial charge is 0.416 e. The summed E-state index contributed by atoms with van der Waals surface area (Å²) < 4.78 is 79.8. The van der Waals surface area contributed by atoms with Crippen molar-refractivity contribution < 1.29 is 26.3 Å². The SMILES string of the molecule is Cc1cccc(F)c1.Cc1nn(C(F)F)nc1-c1cc(C2CCCCC2)c(=O)n(Cc2ccccc2C(F)(F)F)n1. The van der Waals surface area contributed by atoms with Crippen molar-refractivity contribution >= 4 is 0 Å². The summed E-state index contributed by atoms with van der Waals surface area (Å²) in [4.78, 5) is 13.5. The van der Waals surface area contributed by atoms with Crippen molar-refractivity contribution in [2.24, 2.45) is 0 Å². The van der Waals surface area contributed by atoms with E-state index >= 15 is 0 Å². The van der Waals surface area contributed by atoms with E-state index in [0.717, 1.165) is 48.4 Å². The fourth-order valence-electron chi connectivity index (χ4n) is 4.92. The molecule has 1 aliphatic rings. The van der Waals surface area contributed by atoms with E-state index in [4.69, 9.17) is 0 Å². The number of aromatic nitrogens is 5. The molecule has 12 heteroatoms. The maximum Gasteiger partial charge on any atom is 0.416 e. The lowest BCUT2D eigenvalue weighted by molar-refractivity contribution is -0.138. The molecule has 6 nitrogen and oxygen atoms in total. The van der Waals surface area contributed by atoms with Crippen LogP contribution in [0.5, 0.6) is 0 Å². The summed E-state index contributed by atoms with van der Waals surface area (Å²) in [6, 6.07) is 13.0. The molecule has 4 aromatic rings. The van der Waals surface area contributed by atoms with Gasteiger partial charge >= 0.3 is 12.7 Å². The van der Waals surface area contributed by atoms with E-state index in [-0.39, 0.29) is 39.2 Å². The number of rotatable bonds is 5. The zero-order valence-electron chi connectivity index (χ0n) is 22.5. The lowest BCUT2D eigenvalue weighted by atomic mass is 9.84. The summed E-state index contributed by atoms with van der Waals surface area (Å²) in [5.74, 6) is -0.243. The molecule has 0 unspecified atom stereocenters. The van der Waals surface area contributed by atoms with Crippen LogP contribution in [0.1, 0.15) is 72.5 Å². The zero-order chi connectivity index (χ0) is 29.7. The number of nitrogens with zero attached hydrogens (tertiary/aromatic N) is 5. The highest BCUT2D eigenvalue weighted by Gasteiger charge is 2.33. The van der Waals surface area contributed by atoms with Gasteiger partial charge in [-0.1, -0.05) is 49.6 Å². The fourth-order valence-corrected chi connectivity index (χ4v) is 4.92. The molecule has 0 spiro atoms. The molecule has 0 saturated heterocycles. The number of hydrogen-bond acceptors (Lipinski definition) is 4. The Morgan fingerprint density at radius 3 is 2.22 bits per heavy atom. The Kier molecular flexibility index (Phi) is 9.29. The van der Waals surface area contributed by atoms with Gasteiger partial charge in [-0.2, -0.15) is 32.1 Å². The molecule has 41 heavy (non-hydrogen) atoms. The van der Waals surface area contributed by atoms with E-state index in [0.29, 0.717) is 5.56 Å². The highest BCUT2D eigenvalue weighted by atomic mass is 19.4. The first-order chi connectivity index (χ1) is 19.4. The van der Waals surface area contributed by atoms with Crippen LogP contribution < -0.4 is 5.56 Å². The predicted octanol–water partition coefficient (Wildman–Crippen LogP) is 7.45. The Bertz CT molecular complexity index is 1520. The van der Waals surface area contributed by atoms with Crippen LogP contribution >= 0.6 is 0 Å². The van der Waals surface area contributed by atoms with Crippen LogP contribution in [-0.2, 0) is 12.7 Å². The molecular formula is C29H29F6N5O. The summed E-state index contributed by atoms with van der Waals surface area (Å²) in [5, 5.41) is 11.7. The topological polar surface area (TPSA) is 65.6 Å². The quantitative estimate of drug-likeness (QED) is 0.231. The number of halogens is 6. The molecule has 0 amide bonds. The van der Waals surface area contributed by atoms with Gasteiger partial charge in [0, 0.05) is 5.56 Å².